The van der Waals surface area contributed by atoms with E-state index in [0.717, 1.165) is 69.6 Å². The zero-order chi connectivity index (χ0) is 37.6. The van der Waals surface area contributed by atoms with E-state index in [-0.39, 0.29) is 31.1 Å². The molecule has 0 aliphatic rings. The Kier molecular flexibility index (Phi) is 37.0. The number of unbranched alkanes of at least 4 members (excludes halogenated alkanes) is 23. The van der Waals surface area contributed by atoms with Crippen molar-refractivity contribution in [3.05, 3.63) is 0 Å². The van der Waals surface area contributed by atoms with Gasteiger partial charge in [-0.1, -0.05) is 202 Å². The van der Waals surface area contributed by atoms with E-state index < -0.39 is 6.10 Å². The fourth-order valence-corrected chi connectivity index (χ4v) is 6.54. The van der Waals surface area contributed by atoms with Crippen molar-refractivity contribution < 1.29 is 28.6 Å². The number of hydrogen-bond donors (Lipinski definition) is 0. The van der Waals surface area contributed by atoms with Crippen LogP contribution in [-0.2, 0) is 28.6 Å². The fourth-order valence-electron chi connectivity index (χ4n) is 6.54. The van der Waals surface area contributed by atoms with Crippen molar-refractivity contribution >= 4 is 17.9 Å². The van der Waals surface area contributed by atoms with Crippen molar-refractivity contribution in [3.8, 4) is 0 Å². The third-order valence-electron chi connectivity index (χ3n) is 10.3. The molecular weight excluding hydrogens is 636 g/mol. The van der Waals surface area contributed by atoms with Gasteiger partial charge in [-0.2, -0.15) is 0 Å². The van der Waals surface area contributed by atoms with Crippen LogP contribution in [0.2, 0.25) is 0 Å². The molecule has 1 unspecified atom stereocenters. The zero-order valence-electron chi connectivity index (χ0n) is 34.7. The summed E-state index contributed by atoms with van der Waals surface area (Å²) >= 11 is 0. The summed E-state index contributed by atoms with van der Waals surface area (Å²) in [5.74, 6) is 0.762. The van der Waals surface area contributed by atoms with Gasteiger partial charge in [0, 0.05) is 19.3 Å². The second-order valence-electron chi connectivity index (χ2n) is 16.1. The molecular formula is C45H86O6. The second kappa shape index (κ2) is 38.1. The van der Waals surface area contributed by atoms with Crippen molar-refractivity contribution in [1.82, 2.24) is 0 Å². The van der Waals surface area contributed by atoms with E-state index in [1.807, 2.05) is 0 Å². The van der Waals surface area contributed by atoms with Crippen LogP contribution in [-0.4, -0.2) is 37.2 Å². The first-order valence-electron chi connectivity index (χ1n) is 22.3. The van der Waals surface area contributed by atoms with E-state index in [2.05, 4.69) is 34.6 Å². The van der Waals surface area contributed by atoms with E-state index in [4.69, 9.17) is 14.2 Å². The zero-order valence-corrected chi connectivity index (χ0v) is 34.7. The molecule has 0 aliphatic carbocycles. The lowest BCUT2D eigenvalue weighted by Crippen LogP contribution is -2.30. The maximum absolute atomic E-state index is 12.7. The Bertz CT molecular complexity index is 781. The first-order chi connectivity index (χ1) is 24.8. The maximum atomic E-state index is 12.7. The molecule has 302 valence electrons. The Labute approximate surface area is 317 Å². The van der Waals surface area contributed by atoms with Crippen LogP contribution < -0.4 is 0 Å². The number of carbonyl (C=O) groups is 3. The maximum Gasteiger partial charge on any atom is 0.306 e. The first-order valence-corrected chi connectivity index (χ1v) is 22.3. The van der Waals surface area contributed by atoms with Crippen LogP contribution in [0.3, 0.4) is 0 Å². The minimum Gasteiger partial charge on any atom is -0.462 e. The van der Waals surface area contributed by atoms with Crippen molar-refractivity contribution in [2.24, 2.45) is 11.8 Å². The number of esters is 3. The third-order valence-corrected chi connectivity index (χ3v) is 10.3. The molecule has 0 radical (unpaired) electrons. The largest absolute Gasteiger partial charge is 0.462 e. The molecule has 0 aromatic carbocycles. The molecule has 0 N–H and O–H groups in total. The molecule has 0 bridgehead atoms. The lowest BCUT2D eigenvalue weighted by molar-refractivity contribution is -0.167. The monoisotopic (exact) mass is 723 g/mol. The van der Waals surface area contributed by atoms with Gasteiger partial charge in [-0.05, 0) is 31.1 Å². The standard InChI is InChI=1S/C45H86O6/c1-6-8-9-10-11-12-13-14-20-25-30-35-43(46)49-38-42(51-45(48)37-32-27-22-17-18-23-28-33-40(3)4)39-50-44(47)36-31-26-21-16-15-19-24-29-34-41(5)7-2/h40-42H,6-39H2,1-5H3/t41?,42-/m0/s1. The van der Waals surface area contributed by atoms with E-state index in [0.29, 0.717) is 19.3 Å². The predicted molar refractivity (Wildman–Crippen MR) is 215 cm³/mol. The molecule has 0 fully saturated rings. The third kappa shape index (κ3) is 38.0. The fraction of sp³-hybridized carbons (Fsp3) is 0.933. The molecule has 0 aromatic heterocycles. The lowest BCUT2D eigenvalue weighted by atomic mass is 9.99. The van der Waals surface area contributed by atoms with Crippen LogP contribution in [0.5, 0.6) is 0 Å². The van der Waals surface area contributed by atoms with Gasteiger partial charge in [-0.25, -0.2) is 0 Å². The first kappa shape index (κ1) is 49.4. The summed E-state index contributed by atoms with van der Waals surface area (Å²) in [6.45, 7) is 11.3. The summed E-state index contributed by atoms with van der Waals surface area (Å²) in [6, 6.07) is 0. The van der Waals surface area contributed by atoms with E-state index in [1.165, 1.54) is 128 Å². The average molecular weight is 723 g/mol. The highest BCUT2D eigenvalue weighted by molar-refractivity contribution is 5.71. The Morgan fingerprint density at radius 3 is 1.12 bits per heavy atom. The molecule has 6 heteroatoms. The lowest BCUT2D eigenvalue weighted by Gasteiger charge is -2.18. The summed E-state index contributed by atoms with van der Waals surface area (Å²) in [5, 5.41) is 0. The normalized spacial score (nSPS) is 12.6. The Morgan fingerprint density at radius 2 is 0.745 bits per heavy atom. The van der Waals surface area contributed by atoms with Crippen molar-refractivity contribution in [2.45, 2.75) is 246 Å². The van der Waals surface area contributed by atoms with Crippen LogP contribution in [0, 0.1) is 11.8 Å². The van der Waals surface area contributed by atoms with Gasteiger partial charge in [0.2, 0.25) is 0 Å². The highest BCUT2D eigenvalue weighted by Gasteiger charge is 2.19. The van der Waals surface area contributed by atoms with Crippen LogP contribution >= 0.6 is 0 Å². The second-order valence-corrected chi connectivity index (χ2v) is 16.1. The van der Waals surface area contributed by atoms with Crippen molar-refractivity contribution in [1.29, 1.82) is 0 Å². The highest BCUT2D eigenvalue weighted by Crippen LogP contribution is 2.17. The van der Waals surface area contributed by atoms with Gasteiger partial charge in [-0.15, -0.1) is 0 Å². The molecule has 0 rings (SSSR count). The number of rotatable bonds is 39. The minimum absolute atomic E-state index is 0.0659. The molecule has 0 aliphatic heterocycles. The number of carbonyl (C=O) groups excluding carboxylic acids is 3. The van der Waals surface area contributed by atoms with Crippen LogP contribution in [0.25, 0.3) is 0 Å². The summed E-state index contributed by atoms with van der Waals surface area (Å²) in [5.41, 5.74) is 0. The molecule has 6 nitrogen and oxygen atoms in total. The van der Waals surface area contributed by atoms with Gasteiger partial charge in [-0.3, -0.25) is 14.4 Å². The minimum atomic E-state index is -0.760. The topological polar surface area (TPSA) is 78.9 Å². The molecule has 0 saturated carbocycles. The van der Waals surface area contributed by atoms with Crippen molar-refractivity contribution in [2.75, 3.05) is 13.2 Å². The van der Waals surface area contributed by atoms with E-state index >= 15 is 0 Å². The number of ether oxygens (including phenoxy) is 3. The summed E-state index contributed by atoms with van der Waals surface area (Å²) in [7, 11) is 0. The van der Waals surface area contributed by atoms with E-state index in [1.54, 1.807) is 0 Å². The van der Waals surface area contributed by atoms with Gasteiger partial charge in [0.1, 0.15) is 13.2 Å². The molecule has 2 atom stereocenters. The van der Waals surface area contributed by atoms with Gasteiger partial charge in [0.25, 0.3) is 0 Å². The van der Waals surface area contributed by atoms with Crippen LogP contribution in [0.4, 0.5) is 0 Å². The van der Waals surface area contributed by atoms with Crippen molar-refractivity contribution in [3.63, 3.8) is 0 Å². The molecule has 0 amide bonds. The van der Waals surface area contributed by atoms with Crippen LogP contribution in [0.15, 0.2) is 0 Å². The number of hydrogen-bond acceptors (Lipinski definition) is 6. The molecule has 0 spiro atoms. The average Bonchev–Trinajstić information content (AvgIpc) is 3.11. The summed E-state index contributed by atoms with van der Waals surface area (Å²) < 4.78 is 16.7. The Hall–Kier alpha value is -1.59. The van der Waals surface area contributed by atoms with Crippen LogP contribution in [0.1, 0.15) is 240 Å². The van der Waals surface area contributed by atoms with Gasteiger partial charge < -0.3 is 14.2 Å². The molecule has 0 aromatic rings. The molecule has 51 heavy (non-hydrogen) atoms. The quantitative estimate of drug-likeness (QED) is 0.0357. The Morgan fingerprint density at radius 1 is 0.412 bits per heavy atom. The van der Waals surface area contributed by atoms with Gasteiger partial charge in [0.15, 0.2) is 6.10 Å². The van der Waals surface area contributed by atoms with Gasteiger partial charge >= 0.3 is 17.9 Å². The summed E-state index contributed by atoms with van der Waals surface area (Å²) in [4.78, 5) is 37.6. The molecule has 0 saturated heterocycles. The SMILES string of the molecule is CCCCCCCCCCCCCC(=O)OC[C@@H](COC(=O)CCCCCCCCCCC(C)CC)OC(=O)CCCCCCCCCC(C)C. The molecule has 0 heterocycles. The highest BCUT2D eigenvalue weighted by atomic mass is 16.6. The Balaban J connectivity index is 4.35. The predicted octanol–water partition coefficient (Wildman–Crippen LogP) is 13.8. The van der Waals surface area contributed by atoms with E-state index in [9.17, 15) is 14.4 Å². The summed E-state index contributed by atoms with van der Waals surface area (Å²) in [6.07, 6.45) is 35.2. The van der Waals surface area contributed by atoms with Gasteiger partial charge in [0.05, 0.1) is 0 Å². The smallest absolute Gasteiger partial charge is 0.306 e.